The van der Waals surface area contributed by atoms with Crippen LogP contribution in [-0.2, 0) is 6.54 Å². The monoisotopic (exact) mass is 261 g/mol. The first-order valence-electron chi connectivity index (χ1n) is 7.12. The van der Waals surface area contributed by atoms with Gasteiger partial charge in [-0.05, 0) is 42.7 Å². The van der Waals surface area contributed by atoms with E-state index in [0.717, 1.165) is 11.5 Å². The minimum absolute atomic E-state index is 0.409. The first kappa shape index (κ1) is 14.1. The quantitative estimate of drug-likeness (QED) is 0.874. The normalized spacial score (nSPS) is 27.2. The maximum Gasteiger partial charge on any atom is 0.336 e. The number of hydrogen-bond donors (Lipinski definition) is 2. The third-order valence-corrected chi connectivity index (χ3v) is 4.23. The van der Waals surface area contributed by atoms with Gasteiger partial charge in [0.25, 0.3) is 0 Å². The summed E-state index contributed by atoms with van der Waals surface area (Å²) < 4.78 is 0. The van der Waals surface area contributed by atoms with Crippen LogP contribution in [0, 0.1) is 11.8 Å². The smallest absolute Gasteiger partial charge is 0.336 e. The maximum atomic E-state index is 11.2. The third kappa shape index (κ3) is 3.57. The van der Waals surface area contributed by atoms with Crippen LogP contribution in [0.15, 0.2) is 24.3 Å². The molecule has 104 valence electrons. The van der Waals surface area contributed by atoms with Crippen LogP contribution in [0.1, 0.15) is 49.0 Å². The molecular weight excluding hydrogens is 238 g/mol. The molecule has 1 aliphatic carbocycles. The molecule has 1 aromatic carbocycles. The fraction of sp³-hybridized carbons (Fsp3) is 0.562. The molecule has 0 heterocycles. The lowest BCUT2D eigenvalue weighted by Crippen LogP contribution is -2.38. The molecule has 2 rings (SSSR count). The van der Waals surface area contributed by atoms with Crippen LogP contribution in [0.25, 0.3) is 0 Å². The highest BCUT2D eigenvalue weighted by atomic mass is 16.4. The number of nitrogens with one attached hydrogen (secondary N) is 1. The van der Waals surface area contributed by atoms with Gasteiger partial charge in [-0.1, -0.05) is 32.0 Å². The van der Waals surface area contributed by atoms with E-state index in [9.17, 15) is 4.79 Å². The second-order valence-corrected chi connectivity index (χ2v) is 5.85. The van der Waals surface area contributed by atoms with Crippen LogP contribution in [0.5, 0.6) is 0 Å². The lowest BCUT2D eigenvalue weighted by Gasteiger charge is -2.33. The van der Waals surface area contributed by atoms with Crippen molar-refractivity contribution in [1.82, 2.24) is 5.32 Å². The molecule has 0 amide bonds. The van der Waals surface area contributed by atoms with Gasteiger partial charge < -0.3 is 10.4 Å². The summed E-state index contributed by atoms with van der Waals surface area (Å²) in [7, 11) is 0. The predicted octanol–water partition coefficient (Wildman–Crippen LogP) is 3.30. The molecule has 1 aliphatic rings. The van der Waals surface area contributed by atoms with Gasteiger partial charge in [0.2, 0.25) is 0 Å². The highest BCUT2D eigenvalue weighted by molar-refractivity contribution is 5.89. The first-order chi connectivity index (χ1) is 9.08. The average molecular weight is 261 g/mol. The zero-order chi connectivity index (χ0) is 13.8. The molecule has 0 aliphatic heterocycles. The molecule has 3 nitrogen and oxygen atoms in total. The van der Waals surface area contributed by atoms with Gasteiger partial charge in [-0.3, -0.25) is 0 Å². The Hall–Kier alpha value is -1.35. The summed E-state index contributed by atoms with van der Waals surface area (Å²) in [5.74, 6) is 0.641. The van der Waals surface area contributed by atoms with Crippen LogP contribution in [-0.4, -0.2) is 17.1 Å². The Morgan fingerprint density at radius 2 is 2.05 bits per heavy atom. The van der Waals surface area contributed by atoms with Gasteiger partial charge in [0.1, 0.15) is 0 Å². The standard InChI is InChI=1S/C16H23NO2/c1-11-7-8-15(12(2)9-11)17-10-13-5-3-4-6-14(13)16(18)19/h3-6,11-12,15,17H,7-10H2,1-2H3,(H,18,19). The number of benzene rings is 1. The number of carbonyl (C=O) groups is 1. The van der Waals surface area contributed by atoms with Gasteiger partial charge in [0.05, 0.1) is 5.56 Å². The van der Waals surface area contributed by atoms with Crippen LogP contribution in [0.2, 0.25) is 0 Å². The molecule has 3 unspecified atom stereocenters. The molecule has 0 radical (unpaired) electrons. The van der Waals surface area contributed by atoms with E-state index in [4.69, 9.17) is 5.11 Å². The van der Waals surface area contributed by atoms with E-state index >= 15 is 0 Å². The summed E-state index contributed by atoms with van der Waals surface area (Å²) in [5, 5.41) is 12.7. The lowest BCUT2D eigenvalue weighted by molar-refractivity contribution is 0.0695. The number of rotatable bonds is 4. The molecule has 0 saturated heterocycles. The van der Waals surface area contributed by atoms with Gasteiger partial charge in [0.15, 0.2) is 0 Å². The van der Waals surface area contributed by atoms with Crippen LogP contribution in [0.4, 0.5) is 0 Å². The Balaban J connectivity index is 1.97. The largest absolute Gasteiger partial charge is 0.478 e. The molecule has 3 atom stereocenters. The van der Waals surface area contributed by atoms with E-state index in [0.29, 0.717) is 24.1 Å². The minimum atomic E-state index is -0.845. The zero-order valence-corrected chi connectivity index (χ0v) is 11.7. The highest BCUT2D eigenvalue weighted by Crippen LogP contribution is 2.28. The average Bonchev–Trinajstić information content (AvgIpc) is 2.38. The SMILES string of the molecule is CC1CCC(NCc2ccccc2C(=O)O)C(C)C1. The summed E-state index contributed by atoms with van der Waals surface area (Å²) in [6.07, 6.45) is 3.72. The summed E-state index contributed by atoms with van der Waals surface area (Å²) >= 11 is 0. The van der Waals surface area contributed by atoms with Crippen molar-refractivity contribution < 1.29 is 9.90 Å². The van der Waals surface area contributed by atoms with Crippen LogP contribution in [0.3, 0.4) is 0 Å². The van der Waals surface area contributed by atoms with Crippen LogP contribution >= 0.6 is 0 Å². The van der Waals surface area contributed by atoms with Crippen molar-refractivity contribution in [2.24, 2.45) is 11.8 Å². The third-order valence-electron chi connectivity index (χ3n) is 4.23. The summed E-state index contributed by atoms with van der Waals surface area (Å²) in [6.45, 7) is 5.24. The molecule has 0 spiro atoms. The van der Waals surface area contributed by atoms with Gasteiger partial charge in [0, 0.05) is 12.6 Å². The molecule has 0 aromatic heterocycles. The molecular formula is C16H23NO2. The van der Waals surface area contributed by atoms with Crippen molar-refractivity contribution >= 4 is 5.97 Å². The van der Waals surface area contributed by atoms with E-state index in [1.54, 1.807) is 12.1 Å². The lowest BCUT2D eigenvalue weighted by atomic mass is 9.80. The van der Waals surface area contributed by atoms with Crippen molar-refractivity contribution in [2.75, 3.05) is 0 Å². The molecule has 1 aromatic rings. The fourth-order valence-electron chi connectivity index (χ4n) is 3.09. The van der Waals surface area contributed by atoms with Gasteiger partial charge in [-0.15, -0.1) is 0 Å². The predicted molar refractivity (Wildman–Crippen MR) is 76.2 cm³/mol. The van der Waals surface area contributed by atoms with Gasteiger partial charge in [-0.25, -0.2) is 4.79 Å². The van der Waals surface area contributed by atoms with Crippen LogP contribution < -0.4 is 5.32 Å². The van der Waals surface area contributed by atoms with E-state index in [1.807, 2.05) is 12.1 Å². The second kappa shape index (κ2) is 6.20. The van der Waals surface area contributed by atoms with E-state index in [1.165, 1.54) is 19.3 Å². The topological polar surface area (TPSA) is 49.3 Å². The Kier molecular flexibility index (Phi) is 4.59. The summed E-state index contributed by atoms with van der Waals surface area (Å²) in [6, 6.07) is 7.75. The minimum Gasteiger partial charge on any atom is -0.478 e. The molecule has 3 heteroatoms. The fourth-order valence-corrected chi connectivity index (χ4v) is 3.09. The first-order valence-corrected chi connectivity index (χ1v) is 7.12. The molecule has 19 heavy (non-hydrogen) atoms. The van der Waals surface area contributed by atoms with E-state index in [-0.39, 0.29) is 0 Å². The van der Waals surface area contributed by atoms with Gasteiger partial charge in [-0.2, -0.15) is 0 Å². The molecule has 2 N–H and O–H groups in total. The molecule has 1 fully saturated rings. The Labute approximate surface area is 115 Å². The highest BCUT2D eigenvalue weighted by Gasteiger charge is 2.25. The Morgan fingerprint density at radius 3 is 2.74 bits per heavy atom. The maximum absolute atomic E-state index is 11.2. The van der Waals surface area contributed by atoms with Crippen molar-refractivity contribution in [2.45, 2.75) is 45.7 Å². The number of aromatic carboxylic acids is 1. The van der Waals surface area contributed by atoms with Crippen molar-refractivity contribution in [3.63, 3.8) is 0 Å². The van der Waals surface area contributed by atoms with Crippen molar-refractivity contribution in [3.8, 4) is 0 Å². The molecule has 1 saturated carbocycles. The Bertz CT molecular complexity index is 444. The van der Waals surface area contributed by atoms with E-state index in [2.05, 4.69) is 19.2 Å². The second-order valence-electron chi connectivity index (χ2n) is 5.85. The number of carboxylic acid groups (broad SMARTS) is 1. The van der Waals surface area contributed by atoms with Crippen molar-refractivity contribution in [3.05, 3.63) is 35.4 Å². The van der Waals surface area contributed by atoms with Gasteiger partial charge >= 0.3 is 5.97 Å². The summed E-state index contributed by atoms with van der Waals surface area (Å²) in [5.41, 5.74) is 1.28. The number of carboxylic acids is 1. The van der Waals surface area contributed by atoms with Crippen molar-refractivity contribution in [1.29, 1.82) is 0 Å². The molecule has 0 bridgehead atoms. The number of hydrogen-bond acceptors (Lipinski definition) is 2. The summed E-state index contributed by atoms with van der Waals surface area (Å²) in [4.78, 5) is 11.2. The Morgan fingerprint density at radius 1 is 1.32 bits per heavy atom. The van der Waals surface area contributed by atoms with E-state index < -0.39 is 5.97 Å². The zero-order valence-electron chi connectivity index (χ0n) is 11.7.